The van der Waals surface area contributed by atoms with Crippen molar-refractivity contribution in [3.8, 4) is 0 Å². The third-order valence-corrected chi connectivity index (χ3v) is 3.03. The zero-order valence-corrected chi connectivity index (χ0v) is 10.8. The minimum atomic E-state index is 0.656. The van der Waals surface area contributed by atoms with Gasteiger partial charge in [-0.15, -0.1) is 0 Å². The fourth-order valence-corrected chi connectivity index (χ4v) is 1.49. The second kappa shape index (κ2) is 7.24. The molecule has 0 fully saturated rings. The minimum absolute atomic E-state index is 0.656. The Morgan fingerprint density at radius 3 is 2.07 bits per heavy atom. The van der Waals surface area contributed by atoms with Crippen molar-refractivity contribution in [2.75, 3.05) is 27.2 Å². The standard InChI is InChI=1S/C12H28N2/c1-7-12(4)13-8-10(2)11(3)9-14(5)6/h10-13H,7-9H2,1-6H3. The molecule has 2 nitrogen and oxygen atoms in total. The molecule has 14 heavy (non-hydrogen) atoms. The molecule has 86 valence electrons. The molecule has 3 unspecified atom stereocenters. The van der Waals surface area contributed by atoms with E-state index >= 15 is 0 Å². The van der Waals surface area contributed by atoms with E-state index in [4.69, 9.17) is 0 Å². The molecule has 2 heteroatoms. The third kappa shape index (κ3) is 6.39. The first-order valence-electron chi connectivity index (χ1n) is 5.85. The van der Waals surface area contributed by atoms with Gasteiger partial charge in [0.1, 0.15) is 0 Å². The van der Waals surface area contributed by atoms with Gasteiger partial charge in [-0.25, -0.2) is 0 Å². The third-order valence-electron chi connectivity index (χ3n) is 3.03. The van der Waals surface area contributed by atoms with E-state index in [2.05, 4.69) is 52.0 Å². The molecule has 0 radical (unpaired) electrons. The lowest BCUT2D eigenvalue weighted by molar-refractivity contribution is 0.264. The summed E-state index contributed by atoms with van der Waals surface area (Å²) in [6.07, 6.45) is 1.22. The van der Waals surface area contributed by atoms with Gasteiger partial charge >= 0.3 is 0 Å². The molecule has 0 amide bonds. The van der Waals surface area contributed by atoms with Gasteiger partial charge in [-0.05, 0) is 45.8 Å². The quantitative estimate of drug-likeness (QED) is 0.678. The fourth-order valence-electron chi connectivity index (χ4n) is 1.49. The molecule has 0 aliphatic heterocycles. The average molecular weight is 200 g/mol. The van der Waals surface area contributed by atoms with E-state index in [0.29, 0.717) is 6.04 Å². The van der Waals surface area contributed by atoms with Gasteiger partial charge in [0.25, 0.3) is 0 Å². The number of nitrogens with zero attached hydrogens (tertiary/aromatic N) is 1. The van der Waals surface area contributed by atoms with Crippen LogP contribution in [0.4, 0.5) is 0 Å². The molecule has 0 aliphatic carbocycles. The Labute approximate surface area is 90.1 Å². The predicted molar refractivity (Wildman–Crippen MR) is 64.6 cm³/mol. The van der Waals surface area contributed by atoms with Crippen LogP contribution in [0.1, 0.15) is 34.1 Å². The molecule has 0 aliphatic rings. The SMILES string of the molecule is CCC(C)NCC(C)C(C)CN(C)C. The molecule has 0 aromatic carbocycles. The first-order chi connectivity index (χ1) is 6.47. The van der Waals surface area contributed by atoms with E-state index in [1.807, 2.05) is 0 Å². The molecule has 0 bridgehead atoms. The molecule has 0 saturated heterocycles. The zero-order valence-electron chi connectivity index (χ0n) is 10.8. The Hall–Kier alpha value is -0.0800. The van der Waals surface area contributed by atoms with E-state index in [-0.39, 0.29) is 0 Å². The largest absolute Gasteiger partial charge is 0.314 e. The molecule has 1 N–H and O–H groups in total. The molecular formula is C12H28N2. The summed E-state index contributed by atoms with van der Waals surface area (Å²) >= 11 is 0. The van der Waals surface area contributed by atoms with Crippen LogP contribution >= 0.6 is 0 Å². The van der Waals surface area contributed by atoms with E-state index < -0.39 is 0 Å². The van der Waals surface area contributed by atoms with Crippen LogP contribution in [-0.4, -0.2) is 38.1 Å². The van der Waals surface area contributed by atoms with E-state index in [9.17, 15) is 0 Å². The Kier molecular flexibility index (Phi) is 7.20. The van der Waals surface area contributed by atoms with Crippen LogP contribution in [0.3, 0.4) is 0 Å². The van der Waals surface area contributed by atoms with Crippen molar-refractivity contribution in [3.63, 3.8) is 0 Å². The second-order valence-electron chi connectivity index (χ2n) is 4.93. The van der Waals surface area contributed by atoms with Gasteiger partial charge in [0.15, 0.2) is 0 Å². The highest BCUT2D eigenvalue weighted by Gasteiger charge is 2.13. The van der Waals surface area contributed by atoms with Gasteiger partial charge in [0.2, 0.25) is 0 Å². The normalized spacial score (nSPS) is 18.2. The maximum Gasteiger partial charge on any atom is 0.00362 e. The topological polar surface area (TPSA) is 15.3 Å². The van der Waals surface area contributed by atoms with Gasteiger partial charge in [0.05, 0.1) is 0 Å². The zero-order chi connectivity index (χ0) is 11.1. The summed E-state index contributed by atoms with van der Waals surface area (Å²) in [5.74, 6) is 1.52. The first-order valence-corrected chi connectivity index (χ1v) is 5.85. The summed E-state index contributed by atoms with van der Waals surface area (Å²) in [5, 5.41) is 3.57. The molecule has 0 rings (SSSR count). The second-order valence-corrected chi connectivity index (χ2v) is 4.93. The molecule has 0 aromatic heterocycles. The van der Waals surface area contributed by atoms with Crippen LogP contribution in [0, 0.1) is 11.8 Å². The van der Waals surface area contributed by atoms with Crippen LogP contribution in [0.25, 0.3) is 0 Å². The van der Waals surface area contributed by atoms with Crippen LogP contribution in [0.2, 0.25) is 0 Å². The predicted octanol–water partition coefficient (Wildman–Crippen LogP) is 2.21. The summed E-state index contributed by atoms with van der Waals surface area (Å²) in [6.45, 7) is 11.5. The van der Waals surface area contributed by atoms with E-state index in [1.165, 1.54) is 13.0 Å². The highest BCUT2D eigenvalue weighted by Crippen LogP contribution is 2.10. The first kappa shape index (κ1) is 13.9. The van der Waals surface area contributed by atoms with Crippen LogP contribution < -0.4 is 5.32 Å². The number of hydrogen-bond donors (Lipinski definition) is 1. The Morgan fingerprint density at radius 2 is 1.64 bits per heavy atom. The molecule has 0 heterocycles. The van der Waals surface area contributed by atoms with Gasteiger partial charge in [-0.1, -0.05) is 20.8 Å². The van der Waals surface area contributed by atoms with Crippen molar-refractivity contribution >= 4 is 0 Å². The molecule has 0 spiro atoms. The van der Waals surface area contributed by atoms with Gasteiger partial charge in [-0.2, -0.15) is 0 Å². The van der Waals surface area contributed by atoms with Gasteiger partial charge in [0, 0.05) is 12.6 Å². The van der Waals surface area contributed by atoms with E-state index in [1.54, 1.807) is 0 Å². The van der Waals surface area contributed by atoms with Crippen molar-refractivity contribution in [3.05, 3.63) is 0 Å². The van der Waals surface area contributed by atoms with Crippen molar-refractivity contribution in [2.24, 2.45) is 11.8 Å². The highest BCUT2D eigenvalue weighted by atomic mass is 15.1. The lowest BCUT2D eigenvalue weighted by Gasteiger charge is -2.24. The lowest BCUT2D eigenvalue weighted by Crippen LogP contribution is -2.34. The van der Waals surface area contributed by atoms with Crippen molar-refractivity contribution in [1.29, 1.82) is 0 Å². The lowest BCUT2D eigenvalue weighted by atomic mass is 9.95. The number of hydrogen-bond acceptors (Lipinski definition) is 2. The molecule has 0 aromatic rings. The molecule has 3 atom stereocenters. The average Bonchev–Trinajstić information content (AvgIpc) is 2.12. The monoisotopic (exact) mass is 200 g/mol. The summed E-state index contributed by atoms with van der Waals surface area (Å²) in [7, 11) is 4.29. The molecule has 0 saturated carbocycles. The van der Waals surface area contributed by atoms with E-state index in [0.717, 1.165) is 18.4 Å². The summed E-state index contributed by atoms with van der Waals surface area (Å²) in [4.78, 5) is 2.27. The number of rotatable bonds is 7. The van der Waals surface area contributed by atoms with Gasteiger partial charge in [-0.3, -0.25) is 0 Å². The van der Waals surface area contributed by atoms with Crippen molar-refractivity contribution in [1.82, 2.24) is 10.2 Å². The minimum Gasteiger partial charge on any atom is -0.314 e. The maximum atomic E-state index is 3.57. The Bertz CT molecular complexity index is 134. The van der Waals surface area contributed by atoms with Crippen molar-refractivity contribution in [2.45, 2.75) is 40.2 Å². The molecular weight excluding hydrogens is 172 g/mol. The highest BCUT2D eigenvalue weighted by molar-refractivity contribution is 4.68. The maximum absolute atomic E-state index is 3.57. The fraction of sp³-hybridized carbons (Fsp3) is 1.00. The Balaban J connectivity index is 3.66. The number of nitrogens with one attached hydrogen (secondary N) is 1. The summed E-state index contributed by atoms with van der Waals surface area (Å²) < 4.78 is 0. The van der Waals surface area contributed by atoms with Crippen molar-refractivity contribution < 1.29 is 0 Å². The Morgan fingerprint density at radius 1 is 1.07 bits per heavy atom. The summed E-state index contributed by atoms with van der Waals surface area (Å²) in [6, 6.07) is 0.656. The smallest absolute Gasteiger partial charge is 0.00362 e. The van der Waals surface area contributed by atoms with Gasteiger partial charge < -0.3 is 10.2 Å². The van der Waals surface area contributed by atoms with Crippen LogP contribution in [-0.2, 0) is 0 Å². The van der Waals surface area contributed by atoms with Crippen LogP contribution in [0.15, 0.2) is 0 Å². The summed E-state index contributed by atoms with van der Waals surface area (Å²) in [5.41, 5.74) is 0. The van der Waals surface area contributed by atoms with Crippen LogP contribution in [0.5, 0.6) is 0 Å².